The highest BCUT2D eigenvalue weighted by molar-refractivity contribution is 9.10. The van der Waals surface area contributed by atoms with Crippen LogP contribution in [0.2, 0.25) is 0 Å². The second kappa shape index (κ2) is 5.15. The van der Waals surface area contributed by atoms with E-state index in [0.717, 1.165) is 10.0 Å². The Balaban J connectivity index is 3.07. The van der Waals surface area contributed by atoms with E-state index >= 15 is 0 Å². The first kappa shape index (κ1) is 12.0. The van der Waals surface area contributed by atoms with Crippen LogP contribution in [-0.2, 0) is 0 Å². The van der Waals surface area contributed by atoms with E-state index in [-0.39, 0.29) is 5.88 Å². The maximum atomic E-state index is 9.61. The minimum absolute atomic E-state index is 0.230. The van der Waals surface area contributed by atoms with E-state index < -0.39 is 6.10 Å². The van der Waals surface area contributed by atoms with Gasteiger partial charge in [0.25, 0.3) is 0 Å². The van der Waals surface area contributed by atoms with Gasteiger partial charge < -0.3 is 5.11 Å². The highest BCUT2D eigenvalue weighted by Gasteiger charge is 2.09. The van der Waals surface area contributed by atoms with E-state index in [1.165, 1.54) is 5.56 Å². The van der Waals surface area contributed by atoms with Gasteiger partial charge in [-0.2, -0.15) is 0 Å². The fourth-order valence-corrected chi connectivity index (χ4v) is 1.96. The van der Waals surface area contributed by atoms with Crippen LogP contribution in [0.1, 0.15) is 37.0 Å². The lowest BCUT2D eigenvalue weighted by molar-refractivity contribution is 0.202. The van der Waals surface area contributed by atoms with E-state index in [4.69, 9.17) is 11.6 Å². The third kappa shape index (κ3) is 2.97. The largest absolute Gasteiger partial charge is 0.387 e. The van der Waals surface area contributed by atoms with E-state index in [2.05, 4.69) is 35.8 Å². The van der Waals surface area contributed by atoms with Gasteiger partial charge in [0, 0.05) is 4.47 Å². The van der Waals surface area contributed by atoms with Crippen LogP contribution in [0, 0.1) is 0 Å². The average Bonchev–Trinajstić information content (AvgIpc) is 2.15. The fourth-order valence-electron chi connectivity index (χ4n) is 1.25. The van der Waals surface area contributed by atoms with Gasteiger partial charge in [0.1, 0.15) is 0 Å². The predicted octanol–water partition coefficient (Wildman–Crippen LogP) is 3.84. The number of aliphatic hydroxyl groups is 1. The van der Waals surface area contributed by atoms with Crippen LogP contribution < -0.4 is 0 Å². The van der Waals surface area contributed by atoms with Crippen LogP contribution in [0.5, 0.6) is 0 Å². The van der Waals surface area contributed by atoms with Gasteiger partial charge in [-0.3, -0.25) is 0 Å². The molecular formula is C11H14BrClO. The van der Waals surface area contributed by atoms with E-state index in [9.17, 15) is 5.11 Å². The number of benzene rings is 1. The molecule has 1 aromatic carbocycles. The number of alkyl halides is 1. The Morgan fingerprint density at radius 2 is 1.86 bits per heavy atom. The molecular weight excluding hydrogens is 263 g/mol. The molecule has 0 radical (unpaired) electrons. The summed E-state index contributed by atoms with van der Waals surface area (Å²) in [4.78, 5) is 0. The first-order valence-corrected chi connectivity index (χ1v) is 5.91. The first-order valence-electron chi connectivity index (χ1n) is 4.59. The van der Waals surface area contributed by atoms with Crippen molar-refractivity contribution in [1.82, 2.24) is 0 Å². The third-order valence-corrected chi connectivity index (χ3v) is 2.89. The summed E-state index contributed by atoms with van der Waals surface area (Å²) in [5, 5.41) is 9.61. The summed E-state index contributed by atoms with van der Waals surface area (Å²) in [6.45, 7) is 4.25. The lowest BCUT2D eigenvalue weighted by Crippen LogP contribution is -2.00. The molecule has 0 saturated carbocycles. The summed E-state index contributed by atoms with van der Waals surface area (Å²) < 4.78 is 0.989. The summed E-state index contributed by atoms with van der Waals surface area (Å²) >= 11 is 9.03. The van der Waals surface area contributed by atoms with Crippen molar-refractivity contribution in [3.63, 3.8) is 0 Å². The van der Waals surface area contributed by atoms with E-state index in [1.54, 1.807) is 0 Å². The summed E-state index contributed by atoms with van der Waals surface area (Å²) in [6, 6.07) is 5.97. The van der Waals surface area contributed by atoms with Crippen LogP contribution in [0.4, 0.5) is 0 Å². The Labute approximate surface area is 98.2 Å². The minimum Gasteiger partial charge on any atom is -0.387 e. The second-order valence-electron chi connectivity index (χ2n) is 3.64. The molecule has 14 heavy (non-hydrogen) atoms. The Morgan fingerprint density at radius 1 is 1.29 bits per heavy atom. The van der Waals surface area contributed by atoms with Gasteiger partial charge in [0.05, 0.1) is 12.0 Å². The Kier molecular flexibility index (Phi) is 4.42. The second-order valence-corrected chi connectivity index (χ2v) is 4.87. The standard InChI is InChI=1S/C11H14BrClO/c1-7(2)8-3-9(11(14)6-13)5-10(12)4-8/h3-5,7,11,14H,6H2,1-2H3/t11-/m1/s1. The molecule has 0 bridgehead atoms. The predicted molar refractivity (Wildman–Crippen MR) is 63.9 cm³/mol. The quantitative estimate of drug-likeness (QED) is 0.832. The minimum atomic E-state index is -0.577. The molecule has 0 fully saturated rings. The van der Waals surface area contributed by atoms with Gasteiger partial charge in [-0.05, 0) is 29.2 Å². The first-order chi connectivity index (χ1) is 6.54. The topological polar surface area (TPSA) is 20.2 Å². The molecule has 0 aromatic heterocycles. The third-order valence-electron chi connectivity index (χ3n) is 2.14. The van der Waals surface area contributed by atoms with Gasteiger partial charge in [0.15, 0.2) is 0 Å². The van der Waals surface area contributed by atoms with Gasteiger partial charge in [-0.25, -0.2) is 0 Å². The number of hydrogen-bond donors (Lipinski definition) is 1. The zero-order chi connectivity index (χ0) is 10.7. The highest BCUT2D eigenvalue weighted by Crippen LogP contribution is 2.25. The molecule has 1 atom stereocenters. The van der Waals surface area contributed by atoms with Crippen LogP contribution in [0.3, 0.4) is 0 Å². The van der Waals surface area contributed by atoms with Crippen molar-refractivity contribution < 1.29 is 5.11 Å². The summed E-state index contributed by atoms with van der Waals surface area (Å²) in [6.07, 6.45) is -0.577. The van der Waals surface area contributed by atoms with Crippen LogP contribution >= 0.6 is 27.5 Å². The van der Waals surface area contributed by atoms with Crippen molar-refractivity contribution >= 4 is 27.5 Å². The lowest BCUT2D eigenvalue weighted by atomic mass is 9.99. The summed E-state index contributed by atoms with van der Waals surface area (Å²) in [7, 11) is 0. The zero-order valence-corrected chi connectivity index (χ0v) is 10.6. The summed E-state index contributed by atoms with van der Waals surface area (Å²) in [5.74, 6) is 0.683. The molecule has 1 N–H and O–H groups in total. The van der Waals surface area contributed by atoms with Crippen molar-refractivity contribution in [2.75, 3.05) is 5.88 Å². The maximum absolute atomic E-state index is 9.61. The molecule has 0 heterocycles. The van der Waals surface area contributed by atoms with Crippen molar-refractivity contribution in [1.29, 1.82) is 0 Å². The van der Waals surface area contributed by atoms with E-state index in [1.807, 2.05) is 12.1 Å². The molecule has 78 valence electrons. The maximum Gasteiger partial charge on any atom is 0.0925 e. The van der Waals surface area contributed by atoms with Crippen molar-refractivity contribution in [2.45, 2.75) is 25.9 Å². The fraction of sp³-hybridized carbons (Fsp3) is 0.455. The molecule has 1 nitrogen and oxygen atoms in total. The number of aliphatic hydroxyl groups excluding tert-OH is 1. The molecule has 0 amide bonds. The molecule has 0 aliphatic rings. The Hall–Kier alpha value is -0.0500. The smallest absolute Gasteiger partial charge is 0.0925 e. The monoisotopic (exact) mass is 276 g/mol. The lowest BCUT2D eigenvalue weighted by Gasteiger charge is -2.12. The van der Waals surface area contributed by atoms with Gasteiger partial charge in [-0.1, -0.05) is 35.8 Å². The molecule has 0 unspecified atom stereocenters. The molecule has 0 aliphatic heterocycles. The zero-order valence-electron chi connectivity index (χ0n) is 8.30. The average molecular weight is 278 g/mol. The Bertz CT molecular complexity index is 312. The molecule has 3 heteroatoms. The number of halogens is 2. The van der Waals surface area contributed by atoms with Gasteiger partial charge in [0.2, 0.25) is 0 Å². The molecule has 1 rings (SSSR count). The van der Waals surface area contributed by atoms with E-state index in [0.29, 0.717) is 5.92 Å². The summed E-state index contributed by atoms with van der Waals surface area (Å²) in [5.41, 5.74) is 2.08. The van der Waals surface area contributed by atoms with Crippen molar-refractivity contribution in [2.24, 2.45) is 0 Å². The molecule has 0 aliphatic carbocycles. The Morgan fingerprint density at radius 3 is 2.36 bits per heavy atom. The molecule has 0 saturated heterocycles. The SMILES string of the molecule is CC(C)c1cc(Br)cc([C@H](O)CCl)c1. The van der Waals surface area contributed by atoms with Crippen molar-refractivity contribution in [3.8, 4) is 0 Å². The van der Waals surface area contributed by atoms with Crippen molar-refractivity contribution in [3.05, 3.63) is 33.8 Å². The van der Waals surface area contributed by atoms with Gasteiger partial charge >= 0.3 is 0 Å². The molecule has 1 aromatic rings. The van der Waals surface area contributed by atoms with Crippen LogP contribution in [0.25, 0.3) is 0 Å². The van der Waals surface area contributed by atoms with Crippen LogP contribution in [-0.4, -0.2) is 11.0 Å². The highest BCUT2D eigenvalue weighted by atomic mass is 79.9. The van der Waals surface area contributed by atoms with Gasteiger partial charge in [-0.15, -0.1) is 11.6 Å². The number of hydrogen-bond acceptors (Lipinski definition) is 1. The molecule has 0 spiro atoms. The van der Waals surface area contributed by atoms with Crippen LogP contribution in [0.15, 0.2) is 22.7 Å². The number of rotatable bonds is 3. The normalized spacial score (nSPS) is 13.3.